The topological polar surface area (TPSA) is 127 Å². The molecule has 0 radical (unpaired) electrons. The van der Waals surface area contributed by atoms with Gasteiger partial charge >= 0.3 is 0 Å². The van der Waals surface area contributed by atoms with Gasteiger partial charge in [0.15, 0.2) is 0 Å². The summed E-state index contributed by atoms with van der Waals surface area (Å²) in [7, 11) is -8.80. The lowest BCUT2D eigenvalue weighted by atomic mass is 10.0. The quantitative estimate of drug-likeness (QED) is 0.0985. The molecule has 2 aromatic carbocycles. The fourth-order valence-electron chi connectivity index (χ4n) is 5.37. The monoisotopic (exact) mass is 606 g/mol. The molecule has 2 N–H and O–H groups in total. The van der Waals surface area contributed by atoms with Crippen molar-refractivity contribution in [2.45, 2.75) is 126 Å². The average Bonchev–Trinajstić information content (AvgIpc) is 3.27. The minimum Gasteiger partial charge on any atom is -0.322 e. The van der Waals surface area contributed by atoms with E-state index in [1.54, 1.807) is 28.8 Å². The van der Waals surface area contributed by atoms with Gasteiger partial charge in [-0.05, 0) is 36.2 Å². The highest BCUT2D eigenvalue weighted by Gasteiger charge is 2.21. The summed E-state index contributed by atoms with van der Waals surface area (Å²) in [5.74, 6) is 0.713. The molecule has 0 amide bonds. The molecule has 1 aromatic heterocycles. The molecular weight excluding hydrogens is 560 g/mol. The number of imidazole rings is 1. The molecular formula is C31H46N2O6S2. The number of unbranched alkanes of at least 4 members (excludes halogenated alkanes) is 14. The van der Waals surface area contributed by atoms with Crippen molar-refractivity contribution in [2.24, 2.45) is 0 Å². The summed E-state index contributed by atoms with van der Waals surface area (Å²) >= 11 is 0. The van der Waals surface area contributed by atoms with Crippen molar-refractivity contribution in [2.75, 3.05) is 0 Å². The van der Waals surface area contributed by atoms with Crippen LogP contribution in [0.4, 0.5) is 0 Å². The first kappa shape index (κ1) is 33.2. The lowest BCUT2D eigenvalue weighted by molar-refractivity contribution is 0.481. The Balaban J connectivity index is 1.52. The van der Waals surface area contributed by atoms with Gasteiger partial charge in [0.05, 0.1) is 15.9 Å². The first-order valence-electron chi connectivity index (χ1n) is 15.1. The van der Waals surface area contributed by atoms with Crippen LogP contribution in [0.25, 0.3) is 11.0 Å². The Morgan fingerprint density at radius 3 is 1.66 bits per heavy atom. The Bertz CT molecular complexity index is 1430. The van der Waals surface area contributed by atoms with Gasteiger partial charge in [-0.15, -0.1) is 0 Å². The van der Waals surface area contributed by atoms with Crippen LogP contribution in [0.5, 0.6) is 0 Å². The molecule has 3 aromatic rings. The number of nitrogens with zero attached hydrogens (tertiary/aromatic N) is 2. The summed E-state index contributed by atoms with van der Waals surface area (Å²) < 4.78 is 68.0. The van der Waals surface area contributed by atoms with Crippen molar-refractivity contribution in [1.29, 1.82) is 0 Å². The number of hydrogen-bond acceptors (Lipinski definition) is 5. The zero-order chi connectivity index (χ0) is 29.7. The van der Waals surface area contributed by atoms with E-state index >= 15 is 0 Å². The second-order valence-corrected chi connectivity index (χ2v) is 13.8. The third-order valence-corrected chi connectivity index (χ3v) is 9.41. The number of hydrogen-bond donors (Lipinski definition) is 2. The van der Waals surface area contributed by atoms with Crippen LogP contribution in [-0.4, -0.2) is 35.5 Å². The van der Waals surface area contributed by atoms with Gasteiger partial charge in [0.2, 0.25) is 0 Å². The molecule has 0 saturated heterocycles. The van der Waals surface area contributed by atoms with Crippen LogP contribution in [-0.2, 0) is 33.2 Å². The van der Waals surface area contributed by atoms with E-state index in [0.717, 1.165) is 19.3 Å². The van der Waals surface area contributed by atoms with E-state index in [1.165, 1.54) is 95.2 Å². The van der Waals surface area contributed by atoms with Crippen LogP contribution in [0.1, 0.15) is 115 Å². The molecule has 8 nitrogen and oxygen atoms in total. The number of aryl methyl sites for hydroxylation is 1. The summed E-state index contributed by atoms with van der Waals surface area (Å²) in [6.45, 7) is 2.49. The van der Waals surface area contributed by atoms with Crippen molar-refractivity contribution < 1.29 is 25.9 Å². The van der Waals surface area contributed by atoms with Crippen LogP contribution in [0.3, 0.4) is 0 Å². The van der Waals surface area contributed by atoms with Gasteiger partial charge in [-0.25, -0.2) is 4.98 Å². The van der Waals surface area contributed by atoms with Crippen molar-refractivity contribution >= 4 is 31.3 Å². The maximum absolute atomic E-state index is 12.1. The summed E-state index contributed by atoms with van der Waals surface area (Å²) in [6, 6.07) is 10.4. The standard InChI is InChI=1S/C31H46N2O6S2/c1-2-3-4-5-6-7-8-9-10-11-12-13-14-15-16-20-30-32-28-18-17-19-29(41(37,38)39)31(28)33(30)25-26-21-23-27(24-22-26)40(34,35)36/h17-19,21-24H,2-16,20,25H2,1H3,(H,34,35,36)(H,37,38,39). The van der Waals surface area contributed by atoms with Gasteiger partial charge in [0, 0.05) is 13.0 Å². The largest absolute Gasteiger partial charge is 0.322 e. The Hall–Kier alpha value is -2.27. The number of aromatic nitrogens is 2. The second-order valence-electron chi connectivity index (χ2n) is 11.0. The minimum atomic E-state index is -4.48. The summed E-state index contributed by atoms with van der Waals surface area (Å²) in [6.07, 6.45) is 19.7. The number of rotatable bonds is 20. The van der Waals surface area contributed by atoms with E-state index in [4.69, 9.17) is 4.98 Å². The maximum atomic E-state index is 12.1. The molecule has 0 aliphatic heterocycles. The van der Waals surface area contributed by atoms with Crippen LogP contribution >= 0.6 is 0 Å². The van der Waals surface area contributed by atoms with E-state index in [-0.39, 0.29) is 16.3 Å². The van der Waals surface area contributed by atoms with Crippen LogP contribution in [0, 0.1) is 0 Å². The second kappa shape index (κ2) is 16.4. The first-order chi connectivity index (χ1) is 19.6. The molecule has 0 aliphatic rings. The van der Waals surface area contributed by atoms with Crippen molar-refractivity contribution in [1.82, 2.24) is 9.55 Å². The molecule has 0 fully saturated rings. The van der Waals surface area contributed by atoms with Crippen LogP contribution in [0.2, 0.25) is 0 Å². The van der Waals surface area contributed by atoms with E-state index in [2.05, 4.69) is 6.92 Å². The molecule has 3 rings (SSSR count). The maximum Gasteiger partial charge on any atom is 0.296 e. The summed E-state index contributed by atoms with van der Waals surface area (Å²) in [4.78, 5) is 4.27. The van der Waals surface area contributed by atoms with E-state index in [1.807, 2.05) is 0 Å². The molecule has 228 valence electrons. The third-order valence-electron chi connectivity index (χ3n) is 7.65. The highest BCUT2D eigenvalue weighted by Crippen LogP contribution is 2.27. The zero-order valence-corrected chi connectivity index (χ0v) is 25.9. The van der Waals surface area contributed by atoms with Gasteiger partial charge < -0.3 is 4.57 Å². The Morgan fingerprint density at radius 1 is 0.659 bits per heavy atom. The molecule has 0 unspecified atom stereocenters. The lowest BCUT2D eigenvalue weighted by Crippen LogP contribution is -2.09. The lowest BCUT2D eigenvalue weighted by Gasteiger charge is -2.12. The molecule has 41 heavy (non-hydrogen) atoms. The van der Waals surface area contributed by atoms with Gasteiger partial charge in [0.1, 0.15) is 10.7 Å². The fraction of sp³-hybridized carbons (Fsp3) is 0.581. The Labute approximate surface area is 246 Å². The first-order valence-corrected chi connectivity index (χ1v) is 18.0. The zero-order valence-electron chi connectivity index (χ0n) is 24.3. The SMILES string of the molecule is CCCCCCCCCCCCCCCCCc1nc2cccc(S(=O)(=O)O)c2n1Cc1ccc(S(=O)(=O)O)cc1. The van der Waals surface area contributed by atoms with E-state index < -0.39 is 20.2 Å². The summed E-state index contributed by atoms with van der Waals surface area (Å²) in [5, 5.41) is 0. The third kappa shape index (κ3) is 10.8. The smallest absolute Gasteiger partial charge is 0.296 e. The molecule has 0 bridgehead atoms. The van der Waals surface area contributed by atoms with Crippen molar-refractivity contribution in [3.63, 3.8) is 0 Å². The highest BCUT2D eigenvalue weighted by atomic mass is 32.2. The number of para-hydroxylation sites is 1. The van der Waals surface area contributed by atoms with Gasteiger partial charge in [0.25, 0.3) is 20.2 Å². The van der Waals surface area contributed by atoms with E-state index in [9.17, 15) is 25.9 Å². The van der Waals surface area contributed by atoms with Gasteiger partial charge in [-0.2, -0.15) is 16.8 Å². The van der Waals surface area contributed by atoms with E-state index in [0.29, 0.717) is 28.8 Å². The predicted molar refractivity (Wildman–Crippen MR) is 164 cm³/mol. The Kier molecular flexibility index (Phi) is 13.3. The normalized spacial score (nSPS) is 12.4. The molecule has 0 atom stereocenters. The van der Waals surface area contributed by atoms with Crippen LogP contribution in [0.15, 0.2) is 52.3 Å². The van der Waals surface area contributed by atoms with Crippen molar-refractivity contribution in [3.8, 4) is 0 Å². The van der Waals surface area contributed by atoms with Gasteiger partial charge in [-0.3, -0.25) is 9.11 Å². The molecule has 0 spiro atoms. The fourth-order valence-corrected chi connectivity index (χ4v) is 6.56. The van der Waals surface area contributed by atoms with Crippen LogP contribution < -0.4 is 0 Å². The number of benzene rings is 2. The molecule has 0 saturated carbocycles. The Morgan fingerprint density at radius 2 is 1.17 bits per heavy atom. The predicted octanol–water partition coefficient (Wildman–Crippen LogP) is 7.99. The highest BCUT2D eigenvalue weighted by molar-refractivity contribution is 7.86. The van der Waals surface area contributed by atoms with Gasteiger partial charge in [-0.1, -0.05) is 115 Å². The average molecular weight is 607 g/mol. The minimum absolute atomic E-state index is 0.209. The summed E-state index contributed by atoms with van der Waals surface area (Å²) in [5.41, 5.74) is 1.51. The molecule has 0 aliphatic carbocycles. The van der Waals surface area contributed by atoms with Crippen molar-refractivity contribution in [3.05, 3.63) is 53.9 Å². The molecule has 10 heteroatoms. The number of fused-ring (bicyclic) bond motifs is 1. The molecule has 1 heterocycles.